The Morgan fingerprint density at radius 3 is 2.83 bits per heavy atom. The molecule has 1 fully saturated rings. The number of fused-ring (bicyclic) bond motifs is 1. The summed E-state index contributed by atoms with van der Waals surface area (Å²) in [5, 5.41) is 6.76. The van der Waals surface area contributed by atoms with Gasteiger partial charge >= 0.3 is 0 Å². The summed E-state index contributed by atoms with van der Waals surface area (Å²) in [6, 6.07) is 9.53. The molecule has 2 aliphatic rings. The molecule has 0 radical (unpaired) electrons. The lowest BCUT2D eigenvalue weighted by molar-refractivity contribution is 0.234. The number of benzene rings is 1. The van der Waals surface area contributed by atoms with Gasteiger partial charge in [-0.15, -0.1) is 0 Å². The maximum Gasteiger partial charge on any atom is 0.191 e. The predicted molar refractivity (Wildman–Crippen MR) is 98.8 cm³/mol. The van der Waals surface area contributed by atoms with Crippen LogP contribution >= 0.6 is 0 Å². The smallest absolute Gasteiger partial charge is 0.191 e. The van der Waals surface area contributed by atoms with Crippen LogP contribution in [0.15, 0.2) is 29.3 Å². The lowest BCUT2D eigenvalue weighted by Gasteiger charge is -2.23. The second-order valence-corrected chi connectivity index (χ2v) is 6.90. The summed E-state index contributed by atoms with van der Waals surface area (Å²) in [4.78, 5) is 7.20. The molecule has 0 spiro atoms. The average molecular weight is 330 g/mol. The van der Waals surface area contributed by atoms with E-state index in [0.717, 1.165) is 43.8 Å². The molecule has 1 aliphatic carbocycles. The van der Waals surface area contributed by atoms with E-state index in [1.165, 1.54) is 18.4 Å². The third kappa shape index (κ3) is 4.41. The quantitative estimate of drug-likeness (QED) is 0.593. The van der Waals surface area contributed by atoms with E-state index in [4.69, 9.17) is 9.73 Å². The number of nitrogens with one attached hydrogen (secondary N) is 2. The summed E-state index contributed by atoms with van der Waals surface area (Å²) in [5.41, 5.74) is 1.30. The van der Waals surface area contributed by atoms with E-state index >= 15 is 0 Å². The van der Waals surface area contributed by atoms with Crippen molar-refractivity contribution in [2.24, 2.45) is 4.99 Å². The van der Waals surface area contributed by atoms with Crippen LogP contribution in [0.5, 0.6) is 5.75 Å². The summed E-state index contributed by atoms with van der Waals surface area (Å²) >= 11 is 0. The highest BCUT2D eigenvalue weighted by Crippen LogP contribution is 2.28. The van der Waals surface area contributed by atoms with Crippen LogP contribution < -0.4 is 15.4 Å². The second kappa shape index (κ2) is 7.88. The van der Waals surface area contributed by atoms with Crippen molar-refractivity contribution in [1.29, 1.82) is 0 Å². The van der Waals surface area contributed by atoms with Gasteiger partial charge in [0.05, 0.1) is 13.1 Å². The Labute approximate surface area is 145 Å². The van der Waals surface area contributed by atoms with Crippen LogP contribution in [0.4, 0.5) is 0 Å². The number of nitrogens with zero attached hydrogens (tertiary/aromatic N) is 2. The van der Waals surface area contributed by atoms with Gasteiger partial charge in [-0.3, -0.25) is 9.89 Å². The number of likely N-dealkylation sites (N-methyl/N-ethyl adjacent to an activating group) is 1. The van der Waals surface area contributed by atoms with E-state index in [1.54, 1.807) is 0 Å². The molecule has 0 amide bonds. The third-order valence-electron chi connectivity index (χ3n) is 4.89. The molecule has 3 rings (SSSR count). The van der Waals surface area contributed by atoms with Gasteiger partial charge in [-0.2, -0.15) is 0 Å². The summed E-state index contributed by atoms with van der Waals surface area (Å²) < 4.78 is 5.99. The lowest BCUT2D eigenvalue weighted by Crippen LogP contribution is -2.43. The monoisotopic (exact) mass is 330 g/mol. The van der Waals surface area contributed by atoms with Gasteiger partial charge in [0.1, 0.15) is 11.9 Å². The Balaban J connectivity index is 1.48. The Morgan fingerprint density at radius 2 is 2.12 bits per heavy atom. The number of rotatable bonds is 7. The molecule has 2 N–H and O–H groups in total. The van der Waals surface area contributed by atoms with Crippen molar-refractivity contribution in [3.8, 4) is 5.75 Å². The van der Waals surface area contributed by atoms with Gasteiger partial charge in [-0.25, -0.2) is 0 Å². The normalized spacial score (nSPS) is 21.3. The SMILES string of the molecule is CCNC(=NCC(C)N(C)C1CC1)NCC1Cc2ccccc2O1. The highest BCUT2D eigenvalue weighted by Gasteiger charge is 2.29. The molecule has 5 heteroatoms. The topological polar surface area (TPSA) is 48.9 Å². The summed E-state index contributed by atoms with van der Waals surface area (Å²) in [7, 11) is 2.21. The summed E-state index contributed by atoms with van der Waals surface area (Å²) in [6.45, 7) is 6.80. The van der Waals surface area contributed by atoms with E-state index in [0.29, 0.717) is 6.04 Å². The molecule has 0 aromatic heterocycles. The van der Waals surface area contributed by atoms with Gasteiger partial charge in [-0.05, 0) is 45.4 Å². The van der Waals surface area contributed by atoms with E-state index in [-0.39, 0.29) is 6.10 Å². The number of para-hydroxylation sites is 1. The first-order valence-electron chi connectivity index (χ1n) is 9.16. The molecule has 1 saturated carbocycles. The zero-order chi connectivity index (χ0) is 16.9. The largest absolute Gasteiger partial charge is 0.488 e. The highest BCUT2D eigenvalue weighted by atomic mass is 16.5. The molecule has 1 heterocycles. The lowest BCUT2D eigenvalue weighted by atomic mass is 10.1. The Hall–Kier alpha value is -1.75. The molecule has 1 aliphatic heterocycles. The molecule has 0 saturated heterocycles. The van der Waals surface area contributed by atoms with Gasteiger partial charge < -0.3 is 15.4 Å². The van der Waals surface area contributed by atoms with Gasteiger partial charge in [0.2, 0.25) is 0 Å². The molecule has 2 atom stereocenters. The molecule has 132 valence electrons. The van der Waals surface area contributed by atoms with Crippen molar-refractivity contribution in [2.75, 3.05) is 26.7 Å². The molecule has 0 bridgehead atoms. The van der Waals surface area contributed by atoms with Crippen molar-refractivity contribution >= 4 is 5.96 Å². The Kier molecular flexibility index (Phi) is 5.61. The van der Waals surface area contributed by atoms with E-state index in [2.05, 4.69) is 48.6 Å². The summed E-state index contributed by atoms with van der Waals surface area (Å²) in [6.07, 6.45) is 3.81. The molecule has 1 aromatic carbocycles. The molecular formula is C19H30N4O. The van der Waals surface area contributed by atoms with Gasteiger partial charge in [0.15, 0.2) is 5.96 Å². The summed E-state index contributed by atoms with van der Waals surface area (Å²) in [5.74, 6) is 1.90. The van der Waals surface area contributed by atoms with Crippen LogP contribution in [0.3, 0.4) is 0 Å². The molecule has 5 nitrogen and oxygen atoms in total. The van der Waals surface area contributed by atoms with E-state index in [9.17, 15) is 0 Å². The fraction of sp³-hybridized carbons (Fsp3) is 0.632. The minimum absolute atomic E-state index is 0.179. The molecule has 24 heavy (non-hydrogen) atoms. The maximum atomic E-state index is 5.99. The van der Waals surface area contributed by atoms with Crippen LogP contribution in [0.1, 0.15) is 32.3 Å². The van der Waals surface area contributed by atoms with Crippen LogP contribution in [0.2, 0.25) is 0 Å². The fourth-order valence-corrected chi connectivity index (χ4v) is 3.11. The van der Waals surface area contributed by atoms with Crippen LogP contribution in [-0.4, -0.2) is 55.7 Å². The first kappa shape index (κ1) is 17.1. The predicted octanol–water partition coefficient (Wildman–Crippen LogP) is 2.03. The number of ether oxygens (including phenoxy) is 1. The van der Waals surface area contributed by atoms with Crippen LogP contribution in [0, 0.1) is 0 Å². The Bertz CT molecular complexity index is 545. The maximum absolute atomic E-state index is 5.99. The fourth-order valence-electron chi connectivity index (χ4n) is 3.11. The second-order valence-electron chi connectivity index (χ2n) is 6.90. The number of guanidine groups is 1. The van der Waals surface area contributed by atoms with Crippen LogP contribution in [0.25, 0.3) is 0 Å². The van der Waals surface area contributed by atoms with Crippen molar-refractivity contribution in [2.45, 2.75) is 51.3 Å². The first-order chi connectivity index (χ1) is 11.7. The van der Waals surface area contributed by atoms with Crippen molar-refractivity contribution < 1.29 is 4.74 Å². The number of hydrogen-bond donors (Lipinski definition) is 2. The van der Waals surface area contributed by atoms with Gasteiger partial charge in [0.25, 0.3) is 0 Å². The van der Waals surface area contributed by atoms with E-state index in [1.807, 2.05) is 12.1 Å². The zero-order valence-electron chi connectivity index (χ0n) is 15.1. The first-order valence-corrected chi connectivity index (χ1v) is 9.16. The minimum Gasteiger partial charge on any atom is -0.488 e. The van der Waals surface area contributed by atoms with Crippen molar-refractivity contribution in [3.63, 3.8) is 0 Å². The van der Waals surface area contributed by atoms with Gasteiger partial charge in [0, 0.05) is 25.0 Å². The van der Waals surface area contributed by atoms with Crippen molar-refractivity contribution in [3.05, 3.63) is 29.8 Å². The molecule has 1 aromatic rings. The number of hydrogen-bond acceptors (Lipinski definition) is 3. The minimum atomic E-state index is 0.179. The molecular weight excluding hydrogens is 300 g/mol. The Morgan fingerprint density at radius 1 is 1.33 bits per heavy atom. The molecule has 2 unspecified atom stereocenters. The van der Waals surface area contributed by atoms with Gasteiger partial charge in [-0.1, -0.05) is 18.2 Å². The van der Waals surface area contributed by atoms with E-state index < -0.39 is 0 Å². The average Bonchev–Trinajstić information content (AvgIpc) is 3.35. The number of aliphatic imine (C=N–C) groups is 1. The third-order valence-corrected chi connectivity index (χ3v) is 4.89. The van der Waals surface area contributed by atoms with Crippen molar-refractivity contribution in [1.82, 2.24) is 15.5 Å². The zero-order valence-corrected chi connectivity index (χ0v) is 15.1. The van der Waals surface area contributed by atoms with Crippen LogP contribution in [-0.2, 0) is 6.42 Å². The standard InChI is InChI=1S/C19H30N4O/c1-4-20-19(21-12-14(2)23(3)16-9-10-16)22-13-17-11-15-7-5-6-8-18(15)24-17/h5-8,14,16-17H,4,9-13H2,1-3H3,(H2,20,21,22). The highest BCUT2D eigenvalue weighted by molar-refractivity contribution is 5.79.